The molecule has 0 aliphatic carbocycles. The van der Waals surface area contributed by atoms with Crippen LogP contribution in [-0.2, 0) is 4.79 Å². The molecule has 0 fully saturated rings. The first-order valence-corrected chi connectivity index (χ1v) is 5.44. The zero-order valence-electron chi connectivity index (χ0n) is 10.00. The first-order chi connectivity index (χ1) is 8.60. The number of nitriles is 2. The summed E-state index contributed by atoms with van der Waals surface area (Å²) in [5.41, 5.74) is 1.03. The SMILES string of the molecule is CC(CN(CC#N)c1ccccc1C#N)C(=O)O. The summed E-state index contributed by atoms with van der Waals surface area (Å²) < 4.78 is 0. The maximum atomic E-state index is 10.9. The van der Waals surface area contributed by atoms with Gasteiger partial charge in [-0.1, -0.05) is 19.1 Å². The van der Waals surface area contributed by atoms with Gasteiger partial charge in [0.1, 0.15) is 12.6 Å². The lowest BCUT2D eigenvalue weighted by Crippen LogP contribution is -2.32. The summed E-state index contributed by atoms with van der Waals surface area (Å²) in [5.74, 6) is -1.53. The van der Waals surface area contributed by atoms with E-state index in [1.165, 1.54) is 0 Å². The molecule has 0 saturated heterocycles. The molecule has 1 atom stereocenters. The summed E-state index contributed by atoms with van der Waals surface area (Å²) in [7, 11) is 0. The van der Waals surface area contributed by atoms with Crippen LogP contribution >= 0.6 is 0 Å². The van der Waals surface area contributed by atoms with Crippen molar-refractivity contribution in [3.8, 4) is 12.1 Å². The monoisotopic (exact) mass is 243 g/mol. The third-order valence-corrected chi connectivity index (χ3v) is 2.54. The van der Waals surface area contributed by atoms with Crippen molar-refractivity contribution in [1.29, 1.82) is 10.5 Å². The Morgan fingerprint density at radius 1 is 1.44 bits per heavy atom. The molecular formula is C13H13N3O2. The van der Waals surface area contributed by atoms with Crippen LogP contribution in [0, 0.1) is 28.6 Å². The number of hydrogen-bond acceptors (Lipinski definition) is 4. The highest BCUT2D eigenvalue weighted by Gasteiger charge is 2.18. The van der Waals surface area contributed by atoms with E-state index in [1.54, 1.807) is 36.1 Å². The van der Waals surface area contributed by atoms with Gasteiger partial charge in [-0.25, -0.2) is 0 Å². The van der Waals surface area contributed by atoms with Gasteiger partial charge in [0.15, 0.2) is 0 Å². The second-order valence-corrected chi connectivity index (χ2v) is 3.91. The number of hydrogen-bond donors (Lipinski definition) is 1. The average molecular weight is 243 g/mol. The van der Waals surface area contributed by atoms with Gasteiger partial charge in [0, 0.05) is 6.54 Å². The summed E-state index contributed by atoms with van der Waals surface area (Å²) >= 11 is 0. The third kappa shape index (κ3) is 3.23. The first kappa shape index (κ1) is 13.5. The Bertz CT molecular complexity index is 514. The van der Waals surface area contributed by atoms with E-state index >= 15 is 0 Å². The highest BCUT2D eigenvalue weighted by molar-refractivity contribution is 5.71. The summed E-state index contributed by atoms with van der Waals surface area (Å²) in [6, 6.07) is 10.9. The van der Waals surface area contributed by atoms with E-state index in [1.807, 2.05) is 12.1 Å². The molecular weight excluding hydrogens is 230 g/mol. The van der Waals surface area contributed by atoms with Crippen LogP contribution < -0.4 is 4.90 Å². The van der Waals surface area contributed by atoms with Crippen LogP contribution in [0.1, 0.15) is 12.5 Å². The number of carboxylic acids is 1. The maximum absolute atomic E-state index is 10.9. The predicted molar refractivity (Wildman–Crippen MR) is 65.8 cm³/mol. The topological polar surface area (TPSA) is 88.1 Å². The lowest BCUT2D eigenvalue weighted by Gasteiger charge is -2.24. The molecule has 5 heteroatoms. The Morgan fingerprint density at radius 3 is 2.67 bits per heavy atom. The van der Waals surface area contributed by atoms with Crippen molar-refractivity contribution in [2.75, 3.05) is 18.0 Å². The molecule has 0 aliphatic rings. The van der Waals surface area contributed by atoms with Gasteiger partial charge >= 0.3 is 5.97 Å². The Hall–Kier alpha value is -2.53. The van der Waals surface area contributed by atoms with Gasteiger partial charge in [-0.15, -0.1) is 0 Å². The van der Waals surface area contributed by atoms with E-state index in [-0.39, 0.29) is 13.1 Å². The highest BCUT2D eigenvalue weighted by atomic mass is 16.4. The fourth-order valence-corrected chi connectivity index (χ4v) is 1.59. The number of carboxylic acid groups (broad SMARTS) is 1. The van der Waals surface area contributed by atoms with Crippen LogP contribution in [0.3, 0.4) is 0 Å². The van der Waals surface area contributed by atoms with E-state index in [2.05, 4.69) is 0 Å². The van der Waals surface area contributed by atoms with Crippen molar-refractivity contribution >= 4 is 11.7 Å². The second kappa shape index (κ2) is 6.27. The van der Waals surface area contributed by atoms with Crippen LogP contribution in [0.4, 0.5) is 5.69 Å². The van der Waals surface area contributed by atoms with E-state index < -0.39 is 11.9 Å². The zero-order valence-corrected chi connectivity index (χ0v) is 10.00. The highest BCUT2D eigenvalue weighted by Crippen LogP contribution is 2.20. The summed E-state index contributed by atoms with van der Waals surface area (Å²) in [6.07, 6.45) is 0. The Kier molecular flexibility index (Phi) is 4.71. The minimum absolute atomic E-state index is 0.0519. The van der Waals surface area contributed by atoms with Crippen LogP contribution in [-0.4, -0.2) is 24.2 Å². The van der Waals surface area contributed by atoms with Crippen LogP contribution in [0.2, 0.25) is 0 Å². The minimum atomic E-state index is -0.924. The van der Waals surface area contributed by atoms with Gasteiger partial charge < -0.3 is 10.0 Å². The normalized spacial score (nSPS) is 11.1. The molecule has 1 unspecified atom stereocenters. The van der Waals surface area contributed by atoms with Crippen molar-refractivity contribution < 1.29 is 9.90 Å². The molecule has 0 radical (unpaired) electrons. The minimum Gasteiger partial charge on any atom is -0.481 e. The standard InChI is InChI=1S/C13H13N3O2/c1-10(13(17)18)9-16(7-6-14)12-5-3-2-4-11(12)8-15/h2-5,10H,7,9H2,1H3,(H,17,18). The lowest BCUT2D eigenvalue weighted by molar-refractivity contribution is -0.140. The average Bonchev–Trinajstić information content (AvgIpc) is 2.38. The van der Waals surface area contributed by atoms with Crippen molar-refractivity contribution in [2.24, 2.45) is 5.92 Å². The van der Waals surface area contributed by atoms with E-state index in [4.69, 9.17) is 15.6 Å². The quantitative estimate of drug-likeness (QED) is 0.793. The van der Waals surface area contributed by atoms with Crippen molar-refractivity contribution in [1.82, 2.24) is 0 Å². The number of carbonyl (C=O) groups is 1. The molecule has 0 aromatic heterocycles. The van der Waals surface area contributed by atoms with Gasteiger partial charge in [0.2, 0.25) is 0 Å². The molecule has 1 aromatic carbocycles. The van der Waals surface area contributed by atoms with E-state index in [9.17, 15) is 4.79 Å². The van der Waals surface area contributed by atoms with Gasteiger partial charge in [-0.05, 0) is 12.1 Å². The summed E-state index contributed by atoms with van der Waals surface area (Å²) in [6.45, 7) is 1.82. The molecule has 1 rings (SSSR count). The molecule has 0 bridgehead atoms. The molecule has 0 aliphatic heterocycles. The Labute approximate surface area is 105 Å². The number of aliphatic carboxylic acids is 1. The fourth-order valence-electron chi connectivity index (χ4n) is 1.59. The molecule has 92 valence electrons. The third-order valence-electron chi connectivity index (χ3n) is 2.54. The number of anilines is 1. The number of benzene rings is 1. The summed E-state index contributed by atoms with van der Waals surface area (Å²) in [5, 5.41) is 26.7. The van der Waals surface area contributed by atoms with E-state index in [0.29, 0.717) is 11.3 Å². The smallest absolute Gasteiger partial charge is 0.308 e. The van der Waals surface area contributed by atoms with Gasteiger partial charge in [-0.3, -0.25) is 4.79 Å². The Morgan fingerprint density at radius 2 is 2.11 bits per heavy atom. The van der Waals surface area contributed by atoms with Crippen LogP contribution in [0.25, 0.3) is 0 Å². The lowest BCUT2D eigenvalue weighted by atomic mass is 10.1. The molecule has 1 aromatic rings. The zero-order chi connectivity index (χ0) is 13.5. The van der Waals surface area contributed by atoms with Crippen molar-refractivity contribution in [3.63, 3.8) is 0 Å². The molecule has 1 N–H and O–H groups in total. The van der Waals surface area contributed by atoms with Gasteiger partial charge in [-0.2, -0.15) is 10.5 Å². The summed E-state index contributed by atoms with van der Waals surface area (Å²) in [4.78, 5) is 12.5. The van der Waals surface area contributed by atoms with E-state index in [0.717, 1.165) is 0 Å². The van der Waals surface area contributed by atoms with Crippen molar-refractivity contribution in [3.05, 3.63) is 29.8 Å². The molecule has 18 heavy (non-hydrogen) atoms. The second-order valence-electron chi connectivity index (χ2n) is 3.91. The largest absolute Gasteiger partial charge is 0.481 e. The maximum Gasteiger partial charge on any atom is 0.308 e. The van der Waals surface area contributed by atoms with Crippen LogP contribution in [0.15, 0.2) is 24.3 Å². The fraction of sp³-hybridized carbons (Fsp3) is 0.308. The molecule has 0 amide bonds. The number of para-hydroxylation sites is 1. The molecule has 0 heterocycles. The number of nitrogens with zero attached hydrogens (tertiary/aromatic N) is 3. The Balaban J connectivity index is 3.02. The number of rotatable bonds is 5. The first-order valence-electron chi connectivity index (χ1n) is 5.44. The molecule has 0 saturated carbocycles. The van der Waals surface area contributed by atoms with Gasteiger partial charge in [0.25, 0.3) is 0 Å². The van der Waals surface area contributed by atoms with Gasteiger partial charge in [0.05, 0.1) is 23.2 Å². The molecule has 0 spiro atoms. The van der Waals surface area contributed by atoms with Crippen LogP contribution in [0.5, 0.6) is 0 Å². The van der Waals surface area contributed by atoms with Crippen molar-refractivity contribution in [2.45, 2.75) is 6.92 Å². The molecule has 5 nitrogen and oxygen atoms in total. The predicted octanol–water partition coefficient (Wildman–Crippen LogP) is 1.61.